The van der Waals surface area contributed by atoms with Gasteiger partial charge in [-0.3, -0.25) is 4.79 Å². The van der Waals surface area contributed by atoms with E-state index in [1.54, 1.807) is 18.2 Å². The Morgan fingerprint density at radius 1 is 1.03 bits per heavy atom. The third-order valence-corrected chi connectivity index (χ3v) is 6.91. The van der Waals surface area contributed by atoms with Crippen molar-refractivity contribution in [3.63, 3.8) is 0 Å². The molecule has 1 fully saturated rings. The van der Waals surface area contributed by atoms with Crippen LogP contribution in [0.5, 0.6) is 5.75 Å². The van der Waals surface area contributed by atoms with Crippen LogP contribution < -0.4 is 10.1 Å². The van der Waals surface area contributed by atoms with Crippen molar-refractivity contribution in [2.45, 2.75) is 44.0 Å². The standard InChI is InChI=1S/C22H28N2O4S/c1-2-28-21-13-6-5-10-19(21)17-23-22(25)18-11-9-12-20(16-18)29(26,27)24-14-7-3-4-8-15-24/h5-6,9-13,16H,2-4,7-8,14-15,17H2,1H3,(H,23,25). The number of hydrogen-bond donors (Lipinski definition) is 1. The van der Waals surface area contributed by atoms with Crippen LogP contribution in [-0.2, 0) is 16.6 Å². The highest BCUT2D eigenvalue weighted by atomic mass is 32.2. The molecule has 0 radical (unpaired) electrons. The first-order chi connectivity index (χ1) is 14.0. The SMILES string of the molecule is CCOc1ccccc1CNC(=O)c1cccc(S(=O)(=O)N2CCCCCC2)c1. The second kappa shape index (κ2) is 9.89. The van der Waals surface area contributed by atoms with Gasteiger partial charge < -0.3 is 10.1 Å². The van der Waals surface area contributed by atoms with Gasteiger partial charge in [0.1, 0.15) is 5.75 Å². The Morgan fingerprint density at radius 2 is 1.76 bits per heavy atom. The number of benzene rings is 2. The number of amides is 1. The molecule has 0 saturated carbocycles. The summed E-state index contributed by atoms with van der Waals surface area (Å²) in [6.45, 7) is 3.82. The molecule has 156 valence electrons. The number of carbonyl (C=O) groups is 1. The maximum absolute atomic E-state index is 13.0. The molecule has 29 heavy (non-hydrogen) atoms. The fourth-order valence-corrected chi connectivity index (χ4v) is 5.02. The van der Waals surface area contributed by atoms with Crippen LogP contribution in [0.3, 0.4) is 0 Å². The summed E-state index contributed by atoms with van der Waals surface area (Å²) in [6.07, 6.45) is 3.85. The van der Waals surface area contributed by atoms with Gasteiger partial charge in [0.25, 0.3) is 5.91 Å². The molecule has 2 aromatic carbocycles. The monoisotopic (exact) mass is 416 g/mol. The zero-order valence-electron chi connectivity index (χ0n) is 16.8. The molecule has 0 spiro atoms. The van der Waals surface area contributed by atoms with Crippen molar-refractivity contribution in [1.29, 1.82) is 0 Å². The van der Waals surface area contributed by atoms with Crippen LogP contribution in [-0.4, -0.2) is 38.3 Å². The van der Waals surface area contributed by atoms with E-state index in [-0.39, 0.29) is 10.8 Å². The Hall–Kier alpha value is -2.38. The first-order valence-corrected chi connectivity index (χ1v) is 11.6. The number of para-hydroxylation sites is 1. The second-order valence-corrected chi connectivity index (χ2v) is 9.01. The van der Waals surface area contributed by atoms with Gasteiger partial charge in [-0.2, -0.15) is 4.31 Å². The molecule has 1 N–H and O–H groups in total. The Balaban J connectivity index is 1.73. The van der Waals surface area contributed by atoms with E-state index in [0.717, 1.165) is 37.0 Å². The lowest BCUT2D eigenvalue weighted by Crippen LogP contribution is -2.32. The van der Waals surface area contributed by atoms with Crippen LogP contribution in [0.25, 0.3) is 0 Å². The highest BCUT2D eigenvalue weighted by Crippen LogP contribution is 2.22. The number of nitrogens with zero attached hydrogens (tertiary/aromatic N) is 1. The number of nitrogens with one attached hydrogen (secondary N) is 1. The average molecular weight is 417 g/mol. The summed E-state index contributed by atoms with van der Waals surface area (Å²) in [6, 6.07) is 13.8. The molecule has 1 saturated heterocycles. The van der Waals surface area contributed by atoms with E-state index in [0.29, 0.717) is 31.8 Å². The van der Waals surface area contributed by atoms with Crippen LogP contribution in [0, 0.1) is 0 Å². The molecule has 1 aliphatic heterocycles. The number of ether oxygens (including phenoxy) is 1. The largest absolute Gasteiger partial charge is 0.494 e. The van der Waals surface area contributed by atoms with Crippen molar-refractivity contribution in [3.8, 4) is 5.75 Å². The van der Waals surface area contributed by atoms with E-state index in [2.05, 4.69) is 5.32 Å². The molecule has 0 aromatic heterocycles. The molecule has 6 nitrogen and oxygen atoms in total. The van der Waals surface area contributed by atoms with E-state index in [4.69, 9.17) is 4.74 Å². The van der Waals surface area contributed by atoms with E-state index < -0.39 is 10.0 Å². The minimum absolute atomic E-state index is 0.168. The smallest absolute Gasteiger partial charge is 0.251 e. The van der Waals surface area contributed by atoms with Gasteiger partial charge in [0.15, 0.2) is 0 Å². The van der Waals surface area contributed by atoms with Gasteiger partial charge in [0.05, 0.1) is 11.5 Å². The van der Waals surface area contributed by atoms with Gasteiger partial charge in [0.2, 0.25) is 10.0 Å². The quantitative estimate of drug-likeness (QED) is 0.749. The van der Waals surface area contributed by atoms with Crippen LogP contribution in [0.2, 0.25) is 0 Å². The minimum Gasteiger partial charge on any atom is -0.494 e. The topological polar surface area (TPSA) is 75.7 Å². The molecular weight excluding hydrogens is 388 g/mol. The summed E-state index contributed by atoms with van der Waals surface area (Å²) < 4.78 is 33.1. The average Bonchev–Trinajstić information content (AvgIpc) is 3.03. The summed E-state index contributed by atoms with van der Waals surface area (Å²) in [5.41, 5.74) is 1.20. The van der Waals surface area contributed by atoms with Crippen LogP contribution in [0.1, 0.15) is 48.5 Å². The third-order valence-electron chi connectivity index (χ3n) is 5.01. The van der Waals surface area contributed by atoms with E-state index in [1.807, 2.05) is 31.2 Å². The molecular formula is C22H28N2O4S. The first kappa shape index (κ1) is 21.3. The van der Waals surface area contributed by atoms with Crippen molar-refractivity contribution < 1.29 is 17.9 Å². The normalized spacial score (nSPS) is 15.5. The van der Waals surface area contributed by atoms with Gasteiger partial charge >= 0.3 is 0 Å². The lowest BCUT2D eigenvalue weighted by atomic mass is 10.1. The van der Waals surface area contributed by atoms with Crippen molar-refractivity contribution in [2.24, 2.45) is 0 Å². The first-order valence-electron chi connectivity index (χ1n) is 10.1. The molecule has 3 rings (SSSR count). The highest BCUT2D eigenvalue weighted by molar-refractivity contribution is 7.89. The third kappa shape index (κ3) is 5.36. The zero-order valence-corrected chi connectivity index (χ0v) is 17.6. The van der Waals surface area contributed by atoms with Gasteiger partial charge in [-0.15, -0.1) is 0 Å². The summed E-state index contributed by atoms with van der Waals surface area (Å²) in [4.78, 5) is 12.8. The number of hydrogen-bond acceptors (Lipinski definition) is 4. The molecule has 1 aliphatic rings. The molecule has 1 amide bonds. The molecule has 0 unspecified atom stereocenters. The predicted octanol–water partition coefficient (Wildman–Crippen LogP) is 3.58. The second-order valence-electron chi connectivity index (χ2n) is 7.07. The number of carbonyl (C=O) groups excluding carboxylic acids is 1. The zero-order chi connectivity index (χ0) is 20.7. The van der Waals surface area contributed by atoms with E-state index in [9.17, 15) is 13.2 Å². The van der Waals surface area contributed by atoms with Gasteiger partial charge in [-0.25, -0.2) is 8.42 Å². The molecule has 2 aromatic rings. The van der Waals surface area contributed by atoms with E-state index in [1.165, 1.54) is 10.4 Å². The maximum Gasteiger partial charge on any atom is 0.251 e. The summed E-state index contributed by atoms with van der Waals surface area (Å²) in [5.74, 6) is 0.414. The summed E-state index contributed by atoms with van der Waals surface area (Å²) >= 11 is 0. The number of rotatable bonds is 7. The molecule has 7 heteroatoms. The molecule has 1 heterocycles. The van der Waals surface area contributed by atoms with Crippen molar-refractivity contribution in [2.75, 3.05) is 19.7 Å². The van der Waals surface area contributed by atoms with Crippen molar-refractivity contribution in [1.82, 2.24) is 9.62 Å². The summed E-state index contributed by atoms with van der Waals surface area (Å²) in [7, 11) is -3.59. The highest BCUT2D eigenvalue weighted by Gasteiger charge is 2.25. The molecule has 0 atom stereocenters. The van der Waals surface area contributed by atoms with Crippen LogP contribution >= 0.6 is 0 Å². The molecule has 0 aliphatic carbocycles. The Bertz CT molecular complexity index is 935. The molecule has 0 bridgehead atoms. The minimum atomic E-state index is -3.59. The van der Waals surface area contributed by atoms with Gasteiger partial charge in [-0.05, 0) is 44.0 Å². The Labute approximate surface area is 172 Å². The number of sulfonamides is 1. The fraction of sp³-hybridized carbons (Fsp3) is 0.409. The van der Waals surface area contributed by atoms with Crippen molar-refractivity contribution >= 4 is 15.9 Å². The van der Waals surface area contributed by atoms with Crippen molar-refractivity contribution in [3.05, 3.63) is 59.7 Å². The van der Waals surface area contributed by atoms with Crippen LogP contribution in [0.15, 0.2) is 53.4 Å². The Morgan fingerprint density at radius 3 is 2.48 bits per heavy atom. The maximum atomic E-state index is 13.0. The van der Waals surface area contributed by atoms with E-state index >= 15 is 0 Å². The predicted molar refractivity (Wildman–Crippen MR) is 112 cm³/mol. The Kier molecular flexibility index (Phi) is 7.28. The lowest BCUT2D eigenvalue weighted by molar-refractivity contribution is 0.0950. The van der Waals surface area contributed by atoms with Gasteiger partial charge in [0, 0.05) is 30.8 Å². The lowest BCUT2D eigenvalue weighted by Gasteiger charge is -2.20. The van der Waals surface area contributed by atoms with Gasteiger partial charge in [-0.1, -0.05) is 37.1 Å². The summed E-state index contributed by atoms with van der Waals surface area (Å²) in [5, 5.41) is 2.85. The fourth-order valence-electron chi connectivity index (χ4n) is 3.45. The van der Waals surface area contributed by atoms with Crippen LogP contribution in [0.4, 0.5) is 0 Å².